The van der Waals surface area contributed by atoms with E-state index in [1.165, 1.54) is 6.07 Å². The molecule has 3 aromatic rings. The minimum absolute atomic E-state index is 0.184. The van der Waals surface area contributed by atoms with Gasteiger partial charge in [0.15, 0.2) is 0 Å². The molecule has 0 N–H and O–H groups in total. The fourth-order valence-electron chi connectivity index (χ4n) is 2.63. The Morgan fingerprint density at radius 3 is 2.67 bits per heavy atom. The van der Waals surface area contributed by atoms with E-state index in [2.05, 4.69) is 0 Å². The summed E-state index contributed by atoms with van der Waals surface area (Å²) in [5.41, 5.74) is 2.76. The summed E-state index contributed by atoms with van der Waals surface area (Å²) >= 11 is 0. The maximum Gasteiger partial charge on any atom is 0.147 e. The van der Waals surface area contributed by atoms with Gasteiger partial charge in [0.25, 0.3) is 0 Å². The molecule has 3 heteroatoms. The van der Waals surface area contributed by atoms with Crippen molar-refractivity contribution in [3.05, 3.63) is 65.6 Å². The van der Waals surface area contributed by atoms with Gasteiger partial charge < -0.3 is 9.30 Å². The van der Waals surface area contributed by atoms with Gasteiger partial charge in [0.1, 0.15) is 18.2 Å². The van der Waals surface area contributed by atoms with Crippen LogP contribution in [0.15, 0.2) is 48.7 Å². The number of fused-ring (bicyclic) bond motifs is 1. The first kappa shape index (κ1) is 13.7. The van der Waals surface area contributed by atoms with E-state index < -0.39 is 0 Å². The average molecular weight is 283 g/mol. The van der Waals surface area contributed by atoms with E-state index in [1.807, 2.05) is 54.9 Å². The number of halogens is 1. The minimum atomic E-state index is -0.184. The Bertz CT molecular complexity index is 776. The minimum Gasteiger partial charge on any atom is -0.489 e. The number of para-hydroxylation sites is 2. The summed E-state index contributed by atoms with van der Waals surface area (Å²) < 4.78 is 21.8. The first-order valence-corrected chi connectivity index (χ1v) is 7.15. The van der Waals surface area contributed by atoms with E-state index in [0.29, 0.717) is 12.1 Å². The van der Waals surface area contributed by atoms with Crippen LogP contribution in [0.25, 0.3) is 10.9 Å². The molecular weight excluding hydrogens is 265 g/mol. The lowest BCUT2D eigenvalue weighted by Gasteiger charge is -2.08. The van der Waals surface area contributed by atoms with Crippen LogP contribution < -0.4 is 4.74 Å². The highest BCUT2D eigenvalue weighted by atomic mass is 19.1. The summed E-state index contributed by atoms with van der Waals surface area (Å²) in [5.74, 6) is 0.683. The number of aryl methyl sites for hydroxylation is 2. The highest BCUT2D eigenvalue weighted by molar-refractivity contribution is 5.84. The van der Waals surface area contributed by atoms with Crippen LogP contribution in [-0.2, 0) is 13.2 Å². The molecule has 0 saturated carbocycles. The van der Waals surface area contributed by atoms with Crippen molar-refractivity contribution >= 4 is 10.9 Å². The molecule has 0 bridgehead atoms. The Morgan fingerprint density at radius 2 is 1.90 bits per heavy atom. The second-order valence-electron chi connectivity index (χ2n) is 5.13. The van der Waals surface area contributed by atoms with Gasteiger partial charge in [0, 0.05) is 23.7 Å². The summed E-state index contributed by atoms with van der Waals surface area (Å²) in [6.07, 6.45) is 1.98. The summed E-state index contributed by atoms with van der Waals surface area (Å²) in [4.78, 5) is 0. The molecule has 0 aliphatic carbocycles. The van der Waals surface area contributed by atoms with Crippen LogP contribution in [0.2, 0.25) is 0 Å². The van der Waals surface area contributed by atoms with Crippen LogP contribution in [-0.4, -0.2) is 4.57 Å². The van der Waals surface area contributed by atoms with Gasteiger partial charge in [-0.05, 0) is 31.5 Å². The Morgan fingerprint density at radius 1 is 1.10 bits per heavy atom. The van der Waals surface area contributed by atoms with Crippen LogP contribution in [0, 0.1) is 12.7 Å². The zero-order valence-electron chi connectivity index (χ0n) is 12.3. The number of rotatable bonds is 4. The monoisotopic (exact) mass is 283 g/mol. The van der Waals surface area contributed by atoms with Gasteiger partial charge in [-0.2, -0.15) is 0 Å². The fraction of sp³-hybridized carbons (Fsp3) is 0.222. The Balaban J connectivity index is 1.95. The summed E-state index contributed by atoms with van der Waals surface area (Å²) in [7, 11) is 0. The highest BCUT2D eigenvalue weighted by Crippen LogP contribution is 2.26. The summed E-state index contributed by atoms with van der Waals surface area (Å²) in [5, 5.41) is 0.922. The molecule has 0 saturated heterocycles. The fourth-order valence-corrected chi connectivity index (χ4v) is 2.63. The van der Waals surface area contributed by atoms with E-state index in [0.717, 1.165) is 28.8 Å². The number of hydrogen-bond acceptors (Lipinski definition) is 1. The predicted octanol–water partition coefficient (Wildman–Crippen LogP) is 4.69. The predicted molar refractivity (Wildman–Crippen MR) is 83.1 cm³/mol. The third-order valence-corrected chi connectivity index (χ3v) is 3.75. The van der Waals surface area contributed by atoms with E-state index in [1.54, 1.807) is 6.07 Å². The normalized spacial score (nSPS) is 11.0. The quantitative estimate of drug-likeness (QED) is 0.677. The van der Waals surface area contributed by atoms with Crippen LogP contribution in [0.4, 0.5) is 4.39 Å². The Labute approximate surface area is 123 Å². The highest BCUT2D eigenvalue weighted by Gasteiger charge is 2.12. The molecule has 0 fully saturated rings. The molecule has 0 radical (unpaired) electrons. The van der Waals surface area contributed by atoms with E-state index >= 15 is 0 Å². The molecule has 0 atom stereocenters. The molecule has 3 rings (SSSR count). The van der Waals surface area contributed by atoms with Gasteiger partial charge in [0.05, 0.1) is 5.52 Å². The lowest BCUT2D eigenvalue weighted by atomic mass is 10.2. The molecule has 0 aliphatic heterocycles. The van der Waals surface area contributed by atoms with Crippen molar-refractivity contribution in [2.45, 2.75) is 27.0 Å². The molecular formula is C18H18FNO. The average Bonchev–Trinajstić information content (AvgIpc) is 2.86. The van der Waals surface area contributed by atoms with E-state index in [4.69, 9.17) is 4.74 Å². The zero-order valence-corrected chi connectivity index (χ0v) is 12.3. The van der Waals surface area contributed by atoms with E-state index in [-0.39, 0.29) is 5.82 Å². The van der Waals surface area contributed by atoms with Crippen molar-refractivity contribution in [1.29, 1.82) is 0 Å². The van der Waals surface area contributed by atoms with Gasteiger partial charge in [-0.1, -0.05) is 30.3 Å². The molecule has 0 spiro atoms. The Hall–Kier alpha value is -2.29. The van der Waals surface area contributed by atoms with Crippen molar-refractivity contribution in [2.75, 3.05) is 0 Å². The number of hydrogen-bond donors (Lipinski definition) is 0. The molecule has 1 aromatic heterocycles. The van der Waals surface area contributed by atoms with Gasteiger partial charge in [0.2, 0.25) is 0 Å². The molecule has 1 heterocycles. The van der Waals surface area contributed by atoms with Crippen molar-refractivity contribution in [2.24, 2.45) is 0 Å². The first-order valence-electron chi connectivity index (χ1n) is 7.15. The SMILES string of the molecule is CCn1cc(COc2ccccc2C)c2cccc(F)c21. The zero-order chi connectivity index (χ0) is 14.8. The second kappa shape index (κ2) is 5.60. The second-order valence-corrected chi connectivity index (χ2v) is 5.13. The number of aromatic nitrogens is 1. The van der Waals surface area contributed by atoms with Gasteiger partial charge in [-0.3, -0.25) is 0 Å². The molecule has 0 unspecified atom stereocenters. The maximum atomic E-state index is 14.0. The summed E-state index contributed by atoms with van der Waals surface area (Å²) in [6, 6.07) is 13.1. The van der Waals surface area contributed by atoms with E-state index in [9.17, 15) is 4.39 Å². The number of ether oxygens (including phenoxy) is 1. The largest absolute Gasteiger partial charge is 0.489 e. The molecule has 2 nitrogen and oxygen atoms in total. The number of nitrogens with zero attached hydrogens (tertiary/aromatic N) is 1. The standard InChI is InChI=1S/C18H18FNO/c1-3-20-11-14(15-8-6-9-16(19)18(15)20)12-21-17-10-5-4-7-13(17)2/h4-11H,3,12H2,1-2H3. The topological polar surface area (TPSA) is 14.2 Å². The molecule has 0 aliphatic rings. The summed E-state index contributed by atoms with van der Waals surface area (Å²) in [6.45, 7) is 5.21. The van der Waals surface area contributed by atoms with Gasteiger partial charge in [-0.25, -0.2) is 4.39 Å². The van der Waals surface area contributed by atoms with Crippen molar-refractivity contribution in [1.82, 2.24) is 4.57 Å². The van der Waals surface area contributed by atoms with Crippen LogP contribution in [0.5, 0.6) is 5.75 Å². The molecule has 108 valence electrons. The van der Waals surface area contributed by atoms with Gasteiger partial charge in [-0.15, -0.1) is 0 Å². The lowest BCUT2D eigenvalue weighted by Crippen LogP contribution is -1.96. The number of benzene rings is 2. The van der Waals surface area contributed by atoms with Crippen LogP contribution in [0.1, 0.15) is 18.1 Å². The van der Waals surface area contributed by atoms with Crippen molar-refractivity contribution in [3.8, 4) is 5.75 Å². The van der Waals surface area contributed by atoms with Crippen LogP contribution in [0.3, 0.4) is 0 Å². The van der Waals surface area contributed by atoms with Gasteiger partial charge >= 0.3 is 0 Å². The van der Waals surface area contributed by atoms with Crippen molar-refractivity contribution in [3.63, 3.8) is 0 Å². The first-order chi connectivity index (χ1) is 10.2. The molecule has 2 aromatic carbocycles. The molecule has 21 heavy (non-hydrogen) atoms. The third kappa shape index (κ3) is 2.51. The molecule has 0 amide bonds. The smallest absolute Gasteiger partial charge is 0.147 e. The maximum absolute atomic E-state index is 14.0. The van der Waals surface area contributed by atoms with Crippen molar-refractivity contribution < 1.29 is 9.13 Å². The Kier molecular flexibility index (Phi) is 3.65. The van der Waals surface area contributed by atoms with Crippen LogP contribution >= 0.6 is 0 Å². The third-order valence-electron chi connectivity index (χ3n) is 3.75. The lowest BCUT2D eigenvalue weighted by molar-refractivity contribution is 0.305.